The highest BCUT2D eigenvalue weighted by Crippen LogP contribution is 2.33. The number of sulfonamides is 1. The SMILES string of the molecule is Cc1nc(-c2csc(S(=O)(=O)NCCCc3ccccc3)c2)sc1C(=O)N1CCCC1. The molecule has 0 radical (unpaired) electrons. The lowest BCUT2D eigenvalue weighted by atomic mass is 10.1. The van der Waals surface area contributed by atoms with Crippen LogP contribution in [-0.4, -0.2) is 43.8 Å². The minimum atomic E-state index is -3.56. The molecule has 0 aliphatic carbocycles. The molecule has 164 valence electrons. The second-order valence-corrected chi connectivity index (χ2v) is 11.5. The van der Waals surface area contributed by atoms with Crippen molar-refractivity contribution in [3.8, 4) is 10.6 Å². The van der Waals surface area contributed by atoms with Crippen LogP contribution in [0.1, 0.15) is 40.2 Å². The molecule has 0 bridgehead atoms. The van der Waals surface area contributed by atoms with Crippen LogP contribution in [-0.2, 0) is 16.4 Å². The predicted octanol–water partition coefficient (Wildman–Crippen LogP) is 4.33. The summed E-state index contributed by atoms with van der Waals surface area (Å²) in [5.41, 5.74) is 2.63. The van der Waals surface area contributed by atoms with Crippen LogP contribution >= 0.6 is 22.7 Å². The quantitative estimate of drug-likeness (QED) is 0.492. The first kappa shape index (κ1) is 22.1. The first-order chi connectivity index (χ1) is 14.9. The number of aryl methyl sites for hydroxylation is 2. The Balaban J connectivity index is 1.40. The van der Waals surface area contributed by atoms with E-state index in [0.717, 1.165) is 44.3 Å². The van der Waals surface area contributed by atoms with Gasteiger partial charge in [-0.1, -0.05) is 30.3 Å². The number of nitrogens with one attached hydrogen (secondary N) is 1. The Labute approximate surface area is 191 Å². The maximum Gasteiger partial charge on any atom is 0.265 e. The van der Waals surface area contributed by atoms with Crippen LogP contribution in [0.2, 0.25) is 0 Å². The third kappa shape index (κ3) is 5.23. The highest BCUT2D eigenvalue weighted by atomic mass is 32.2. The third-order valence-corrected chi connectivity index (χ3v) is 9.34. The summed E-state index contributed by atoms with van der Waals surface area (Å²) in [5.74, 6) is 0.0295. The van der Waals surface area contributed by atoms with Crippen LogP contribution in [0.5, 0.6) is 0 Å². The van der Waals surface area contributed by atoms with Crippen molar-refractivity contribution in [1.29, 1.82) is 0 Å². The zero-order valence-electron chi connectivity index (χ0n) is 17.3. The number of nitrogens with zero attached hydrogens (tertiary/aromatic N) is 2. The smallest absolute Gasteiger partial charge is 0.265 e. The molecule has 9 heteroatoms. The number of carbonyl (C=O) groups excluding carboxylic acids is 1. The van der Waals surface area contributed by atoms with Gasteiger partial charge in [0.25, 0.3) is 5.91 Å². The van der Waals surface area contributed by atoms with E-state index in [-0.39, 0.29) is 10.1 Å². The van der Waals surface area contributed by atoms with Crippen molar-refractivity contribution in [2.75, 3.05) is 19.6 Å². The average Bonchev–Trinajstić information content (AvgIpc) is 3.52. The molecule has 0 unspecified atom stereocenters. The summed E-state index contributed by atoms with van der Waals surface area (Å²) < 4.78 is 28.3. The predicted molar refractivity (Wildman–Crippen MR) is 125 cm³/mol. The van der Waals surface area contributed by atoms with Gasteiger partial charge in [-0.2, -0.15) is 0 Å². The zero-order valence-corrected chi connectivity index (χ0v) is 19.8. The number of likely N-dealkylation sites (tertiary alicyclic amines) is 1. The highest BCUT2D eigenvalue weighted by Gasteiger charge is 2.25. The molecular weight excluding hydrogens is 450 g/mol. The summed E-state index contributed by atoms with van der Waals surface area (Å²) in [6, 6.07) is 11.7. The Hall–Kier alpha value is -2.07. The van der Waals surface area contributed by atoms with Gasteiger partial charge in [0.2, 0.25) is 10.0 Å². The van der Waals surface area contributed by atoms with E-state index in [0.29, 0.717) is 22.1 Å². The molecule has 1 aromatic carbocycles. The second kappa shape index (κ2) is 9.60. The molecular formula is C22H25N3O3S3. The molecule has 0 spiro atoms. The van der Waals surface area contributed by atoms with Gasteiger partial charge in [-0.25, -0.2) is 18.1 Å². The van der Waals surface area contributed by atoms with Crippen LogP contribution in [0.15, 0.2) is 46.0 Å². The zero-order chi connectivity index (χ0) is 21.8. The molecule has 1 fully saturated rings. The van der Waals surface area contributed by atoms with E-state index >= 15 is 0 Å². The average molecular weight is 476 g/mol. The molecule has 6 nitrogen and oxygen atoms in total. The normalized spacial score (nSPS) is 14.3. The van der Waals surface area contributed by atoms with Crippen LogP contribution in [0.25, 0.3) is 10.6 Å². The summed E-state index contributed by atoms with van der Waals surface area (Å²) >= 11 is 2.52. The van der Waals surface area contributed by atoms with E-state index in [9.17, 15) is 13.2 Å². The third-order valence-electron chi connectivity index (χ3n) is 5.25. The fourth-order valence-electron chi connectivity index (χ4n) is 3.57. The van der Waals surface area contributed by atoms with Crippen molar-refractivity contribution in [2.45, 2.75) is 36.8 Å². The van der Waals surface area contributed by atoms with Gasteiger partial charge in [-0.05, 0) is 44.2 Å². The number of carbonyl (C=O) groups is 1. The van der Waals surface area contributed by atoms with Crippen molar-refractivity contribution in [1.82, 2.24) is 14.6 Å². The maximum atomic E-state index is 12.7. The molecule has 1 aliphatic rings. The molecule has 0 atom stereocenters. The number of benzene rings is 1. The molecule has 31 heavy (non-hydrogen) atoms. The van der Waals surface area contributed by atoms with E-state index in [1.807, 2.05) is 42.2 Å². The summed E-state index contributed by atoms with van der Waals surface area (Å²) in [4.78, 5) is 19.8. The number of thiophene rings is 1. The lowest BCUT2D eigenvalue weighted by Crippen LogP contribution is -2.27. The van der Waals surface area contributed by atoms with Gasteiger partial charge in [0, 0.05) is 30.6 Å². The van der Waals surface area contributed by atoms with E-state index in [2.05, 4.69) is 9.71 Å². The van der Waals surface area contributed by atoms with Crippen LogP contribution in [0.4, 0.5) is 0 Å². The minimum absolute atomic E-state index is 0.0295. The molecule has 1 amide bonds. The number of aromatic nitrogens is 1. The molecule has 1 N–H and O–H groups in total. The van der Waals surface area contributed by atoms with Crippen molar-refractivity contribution in [2.24, 2.45) is 0 Å². The van der Waals surface area contributed by atoms with Gasteiger partial charge in [-0.3, -0.25) is 4.79 Å². The Kier molecular flexibility index (Phi) is 6.86. The molecule has 3 aromatic rings. The van der Waals surface area contributed by atoms with Crippen molar-refractivity contribution in [3.05, 3.63) is 57.9 Å². The number of amides is 1. The number of hydrogen-bond donors (Lipinski definition) is 1. The minimum Gasteiger partial charge on any atom is -0.338 e. The van der Waals surface area contributed by atoms with E-state index < -0.39 is 10.0 Å². The molecule has 1 aliphatic heterocycles. The van der Waals surface area contributed by atoms with Gasteiger partial charge in [0.05, 0.1) is 5.69 Å². The van der Waals surface area contributed by atoms with Gasteiger partial charge in [0.1, 0.15) is 14.1 Å². The molecule has 0 saturated carbocycles. The Morgan fingerprint density at radius 3 is 2.68 bits per heavy atom. The fourth-order valence-corrected chi connectivity index (χ4v) is 6.95. The van der Waals surface area contributed by atoms with Gasteiger partial charge in [-0.15, -0.1) is 22.7 Å². The molecule has 4 rings (SSSR count). The summed E-state index contributed by atoms with van der Waals surface area (Å²) in [5, 5.41) is 2.47. The van der Waals surface area contributed by atoms with Gasteiger partial charge < -0.3 is 4.90 Å². The standard InChI is InChI=1S/C22H25N3O3S3/c1-16-20(22(26)25-12-5-6-13-25)30-21(24-16)18-14-19(29-15-18)31(27,28)23-11-7-10-17-8-3-2-4-9-17/h2-4,8-9,14-15,23H,5-7,10-13H2,1H3. The van der Waals surface area contributed by atoms with Crippen molar-refractivity contribution < 1.29 is 13.2 Å². The molecule has 2 aromatic heterocycles. The van der Waals surface area contributed by atoms with Gasteiger partial charge in [0.15, 0.2) is 0 Å². The lowest BCUT2D eigenvalue weighted by Gasteiger charge is -2.13. The number of hydrogen-bond acceptors (Lipinski definition) is 6. The summed E-state index contributed by atoms with van der Waals surface area (Å²) in [6.45, 7) is 3.81. The Bertz CT molecular complexity index is 1150. The number of thiazole rings is 1. The van der Waals surface area contributed by atoms with Crippen LogP contribution in [0, 0.1) is 6.92 Å². The number of rotatable bonds is 8. The largest absolute Gasteiger partial charge is 0.338 e. The first-order valence-electron chi connectivity index (χ1n) is 10.3. The highest BCUT2D eigenvalue weighted by molar-refractivity contribution is 7.91. The Morgan fingerprint density at radius 2 is 1.94 bits per heavy atom. The van der Waals surface area contributed by atoms with Crippen molar-refractivity contribution >= 4 is 38.6 Å². The monoisotopic (exact) mass is 475 g/mol. The van der Waals surface area contributed by atoms with Crippen LogP contribution < -0.4 is 4.72 Å². The summed E-state index contributed by atoms with van der Waals surface area (Å²) in [6.07, 6.45) is 3.64. The summed E-state index contributed by atoms with van der Waals surface area (Å²) in [7, 11) is -3.56. The molecule has 3 heterocycles. The topological polar surface area (TPSA) is 79.4 Å². The van der Waals surface area contributed by atoms with E-state index in [1.165, 1.54) is 28.2 Å². The van der Waals surface area contributed by atoms with Crippen molar-refractivity contribution in [3.63, 3.8) is 0 Å². The lowest BCUT2D eigenvalue weighted by molar-refractivity contribution is 0.0796. The second-order valence-electron chi connectivity index (χ2n) is 7.57. The molecule has 1 saturated heterocycles. The van der Waals surface area contributed by atoms with Crippen LogP contribution in [0.3, 0.4) is 0 Å². The maximum absolute atomic E-state index is 12.7. The van der Waals surface area contributed by atoms with E-state index in [4.69, 9.17) is 0 Å². The van der Waals surface area contributed by atoms with E-state index in [1.54, 1.807) is 11.4 Å². The fraction of sp³-hybridized carbons (Fsp3) is 0.364. The Morgan fingerprint density at radius 1 is 1.19 bits per heavy atom. The first-order valence-corrected chi connectivity index (χ1v) is 13.5. The van der Waals surface area contributed by atoms with Gasteiger partial charge >= 0.3 is 0 Å².